The van der Waals surface area contributed by atoms with E-state index in [1.807, 2.05) is 6.20 Å². The highest BCUT2D eigenvalue weighted by Crippen LogP contribution is 2.27. The highest BCUT2D eigenvalue weighted by atomic mass is 79.9. The molecule has 114 valence electrons. The van der Waals surface area contributed by atoms with Crippen LogP contribution in [-0.4, -0.2) is 16.3 Å². The zero-order chi connectivity index (χ0) is 15.2. The Morgan fingerprint density at radius 3 is 2.52 bits per heavy atom. The van der Waals surface area contributed by atoms with Crippen LogP contribution in [0.4, 0.5) is 0 Å². The van der Waals surface area contributed by atoms with Gasteiger partial charge in [0.15, 0.2) is 0 Å². The van der Waals surface area contributed by atoms with E-state index in [-0.39, 0.29) is 6.04 Å². The lowest BCUT2D eigenvalue weighted by Gasteiger charge is -2.20. The number of halogens is 2. The van der Waals surface area contributed by atoms with Gasteiger partial charge in [0.25, 0.3) is 0 Å². The van der Waals surface area contributed by atoms with Crippen molar-refractivity contribution in [2.24, 2.45) is 0 Å². The molecule has 0 amide bonds. The quantitative estimate of drug-likeness (QED) is 0.710. The number of likely N-dealkylation sites (N-methyl/N-ethyl adjacent to an activating group) is 1. The molecule has 2 aromatic rings. The monoisotopic (exact) mass is 413 g/mol. The summed E-state index contributed by atoms with van der Waals surface area (Å²) in [6.07, 6.45) is 3.93. The minimum atomic E-state index is 0.264. The number of hydrogen-bond acceptors (Lipinski definition) is 2. The number of hydrogen-bond donors (Lipinski definition) is 1. The zero-order valence-electron chi connectivity index (χ0n) is 12.4. The third kappa shape index (κ3) is 4.41. The van der Waals surface area contributed by atoms with Crippen LogP contribution in [0.15, 0.2) is 39.4 Å². The van der Waals surface area contributed by atoms with E-state index in [0.29, 0.717) is 0 Å². The highest BCUT2D eigenvalue weighted by molar-refractivity contribution is 9.10. The summed E-state index contributed by atoms with van der Waals surface area (Å²) in [5.74, 6) is 0. The van der Waals surface area contributed by atoms with Crippen LogP contribution in [0.2, 0.25) is 0 Å². The van der Waals surface area contributed by atoms with Gasteiger partial charge in [-0.05, 0) is 53.0 Å². The van der Waals surface area contributed by atoms with Crippen LogP contribution < -0.4 is 5.32 Å². The van der Waals surface area contributed by atoms with E-state index in [2.05, 4.69) is 85.1 Å². The molecule has 1 unspecified atom stereocenters. The molecule has 0 bridgehead atoms. The molecule has 0 aliphatic rings. The average Bonchev–Trinajstić information content (AvgIpc) is 2.82. The molecule has 2 rings (SSSR count). The van der Waals surface area contributed by atoms with Crippen LogP contribution in [-0.2, 0) is 13.0 Å². The molecule has 3 nitrogen and oxygen atoms in total. The summed E-state index contributed by atoms with van der Waals surface area (Å²) in [4.78, 5) is 0. The Balaban J connectivity index is 2.26. The van der Waals surface area contributed by atoms with E-state index in [0.717, 1.165) is 34.9 Å². The van der Waals surface area contributed by atoms with Crippen molar-refractivity contribution in [3.05, 3.63) is 50.7 Å². The van der Waals surface area contributed by atoms with Gasteiger partial charge >= 0.3 is 0 Å². The lowest BCUT2D eigenvalue weighted by molar-refractivity contribution is 0.476. The maximum Gasteiger partial charge on any atom is 0.0699 e. The standard InChI is InChI=1S/C16H21Br2N3/c1-3-9-21-16(14(18)11-20-21)15(19-4-2)10-12-5-7-13(17)8-6-12/h5-8,11,15,19H,3-4,9-10H2,1-2H3. The summed E-state index contributed by atoms with van der Waals surface area (Å²) in [5.41, 5.74) is 2.56. The van der Waals surface area contributed by atoms with Crippen LogP contribution in [0.25, 0.3) is 0 Å². The Kier molecular flexibility index (Phi) is 6.45. The Morgan fingerprint density at radius 2 is 1.90 bits per heavy atom. The molecule has 1 aromatic carbocycles. The molecule has 5 heteroatoms. The van der Waals surface area contributed by atoms with Crippen LogP contribution in [0.5, 0.6) is 0 Å². The van der Waals surface area contributed by atoms with Crippen molar-refractivity contribution < 1.29 is 0 Å². The van der Waals surface area contributed by atoms with Crippen molar-refractivity contribution in [1.29, 1.82) is 0 Å². The smallest absolute Gasteiger partial charge is 0.0699 e. The maximum absolute atomic E-state index is 4.49. The van der Waals surface area contributed by atoms with Gasteiger partial charge in [-0.1, -0.05) is 41.9 Å². The fraction of sp³-hybridized carbons (Fsp3) is 0.438. The van der Waals surface area contributed by atoms with Crippen molar-refractivity contribution in [3.8, 4) is 0 Å². The van der Waals surface area contributed by atoms with Gasteiger partial charge in [0.05, 0.1) is 22.4 Å². The molecular formula is C16H21Br2N3. The number of aromatic nitrogens is 2. The van der Waals surface area contributed by atoms with E-state index in [4.69, 9.17) is 0 Å². The van der Waals surface area contributed by atoms with Crippen LogP contribution in [0.1, 0.15) is 37.6 Å². The van der Waals surface area contributed by atoms with Crippen molar-refractivity contribution in [2.45, 2.75) is 39.3 Å². The summed E-state index contributed by atoms with van der Waals surface area (Å²) in [6, 6.07) is 8.79. The Hall–Kier alpha value is -0.650. The van der Waals surface area contributed by atoms with Crippen molar-refractivity contribution in [3.63, 3.8) is 0 Å². The summed E-state index contributed by atoms with van der Waals surface area (Å²) >= 11 is 7.14. The summed E-state index contributed by atoms with van der Waals surface area (Å²) in [6.45, 7) is 6.20. The first-order valence-corrected chi connectivity index (χ1v) is 8.93. The minimum absolute atomic E-state index is 0.264. The van der Waals surface area contributed by atoms with Gasteiger partial charge in [0.1, 0.15) is 0 Å². The van der Waals surface area contributed by atoms with Gasteiger partial charge in [-0.15, -0.1) is 0 Å². The predicted molar refractivity (Wildman–Crippen MR) is 94.5 cm³/mol. The number of nitrogens with zero attached hydrogens (tertiary/aromatic N) is 2. The fourth-order valence-electron chi connectivity index (χ4n) is 2.48. The first kappa shape index (κ1) is 16.7. The van der Waals surface area contributed by atoms with Gasteiger partial charge in [-0.25, -0.2) is 0 Å². The molecule has 0 saturated carbocycles. The number of rotatable bonds is 7. The Labute approximate surface area is 143 Å². The normalized spacial score (nSPS) is 12.6. The molecule has 21 heavy (non-hydrogen) atoms. The second kappa shape index (κ2) is 8.11. The third-order valence-corrected chi connectivity index (χ3v) is 4.54. The first-order valence-electron chi connectivity index (χ1n) is 7.34. The highest BCUT2D eigenvalue weighted by Gasteiger charge is 2.19. The first-order chi connectivity index (χ1) is 10.2. The fourth-order valence-corrected chi connectivity index (χ4v) is 3.31. The lowest BCUT2D eigenvalue weighted by Crippen LogP contribution is -2.26. The topological polar surface area (TPSA) is 29.9 Å². The molecule has 0 fully saturated rings. The SMILES string of the molecule is CCCn1ncc(Br)c1C(Cc1ccc(Br)cc1)NCC. The van der Waals surface area contributed by atoms with Gasteiger partial charge in [0.2, 0.25) is 0 Å². The van der Waals surface area contributed by atoms with E-state index in [1.54, 1.807) is 0 Å². The molecule has 0 aliphatic heterocycles. The molecule has 1 heterocycles. The predicted octanol–water partition coefficient (Wildman–Crippen LogP) is 4.71. The van der Waals surface area contributed by atoms with Crippen LogP contribution in [0.3, 0.4) is 0 Å². The van der Waals surface area contributed by atoms with Crippen LogP contribution in [0, 0.1) is 0 Å². The van der Waals surface area contributed by atoms with Crippen LogP contribution >= 0.6 is 31.9 Å². The van der Waals surface area contributed by atoms with Gasteiger partial charge in [-0.2, -0.15) is 5.10 Å². The lowest BCUT2D eigenvalue weighted by atomic mass is 10.0. The van der Waals surface area contributed by atoms with Crippen molar-refractivity contribution in [1.82, 2.24) is 15.1 Å². The molecule has 1 atom stereocenters. The molecule has 1 aromatic heterocycles. The van der Waals surface area contributed by atoms with Gasteiger partial charge < -0.3 is 5.32 Å². The number of nitrogens with one attached hydrogen (secondary N) is 1. The molecule has 0 aliphatic carbocycles. The van der Waals surface area contributed by atoms with E-state index in [1.165, 1.54) is 11.3 Å². The Morgan fingerprint density at radius 1 is 1.19 bits per heavy atom. The molecule has 0 radical (unpaired) electrons. The number of benzene rings is 1. The van der Waals surface area contributed by atoms with E-state index in [9.17, 15) is 0 Å². The minimum Gasteiger partial charge on any atom is -0.309 e. The van der Waals surface area contributed by atoms with Crippen molar-refractivity contribution >= 4 is 31.9 Å². The Bertz CT molecular complexity index is 563. The van der Waals surface area contributed by atoms with Crippen molar-refractivity contribution in [2.75, 3.05) is 6.54 Å². The zero-order valence-corrected chi connectivity index (χ0v) is 15.6. The molecule has 0 saturated heterocycles. The second-order valence-corrected chi connectivity index (χ2v) is 6.81. The average molecular weight is 415 g/mol. The summed E-state index contributed by atoms with van der Waals surface area (Å²) in [5, 5.41) is 8.07. The summed E-state index contributed by atoms with van der Waals surface area (Å²) in [7, 11) is 0. The molecular weight excluding hydrogens is 394 g/mol. The van der Waals surface area contributed by atoms with Gasteiger partial charge in [-0.3, -0.25) is 4.68 Å². The largest absolute Gasteiger partial charge is 0.309 e. The molecule has 1 N–H and O–H groups in total. The second-order valence-electron chi connectivity index (χ2n) is 5.04. The van der Waals surface area contributed by atoms with E-state index < -0.39 is 0 Å². The molecule has 0 spiro atoms. The van der Waals surface area contributed by atoms with Gasteiger partial charge in [0, 0.05) is 11.0 Å². The maximum atomic E-state index is 4.49. The summed E-state index contributed by atoms with van der Waals surface area (Å²) < 4.78 is 4.30. The van der Waals surface area contributed by atoms with E-state index >= 15 is 0 Å². The third-order valence-electron chi connectivity index (χ3n) is 3.40. The number of aryl methyl sites for hydroxylation is 1.